The quantitative estimate of drug-likeness (QED) is 0.778. The number of nitrogens with zero attached hydrogens (tertiary/aromatic N) is 2. The van der Waals surface area contributed by atoms with Crippen molar-refractivity contribution >= 4 is 11.6 Å². The van der Waals surface area contributed by atoms with Gasteiger partial charge in [0.25, 0.3) is 5.56 Å². The number of pyridine rings is 1. The molecule has 84 valence electrons. The molecule has 17 heavy (non-hydrogen) atoms. The first-order valence-corrected chi connectivity index (χ1v) is 5.08. The Morgan fingerprint density at radius 3 is 2.47 bits per heavy atom. The van der Waals surface area contributed by atoms with Crippen LogP contribution in [-0.4, -0.2) is 4.57 Å². The van der Waals surface area contributed by atoms with Gasteiger partial charge in [-0.25, -0.2) is 4.39 Å². The van der Waals surface area contributed by atoms with E-state index < -0.39 is 11.4 Å². The molecule has 2 rings (SSSR count). The van der Waals surface area contributed by atoms with E-state index in [1.54, 1.807) is 6.07 Å². The minimum atomic E-state index is -0.522. The summed E-state index contributed by atoms with van der Waals surface area (Å²) in [5.74, 6) is -0.392. The Kier molecular flexibility index (Phi) is 2.94. The molecule has 2 aromatic rings. The highest BCUT2D eigenvalue weighted by Crippen LogP contribution is 2.13. The maximum absolute atomic E-state index is 12.8. The fraction of sp³-hybridized carbons (Fsp3) is 0. The van der Waals surface area contributed by atoms with Gasteiger partial charge in [0.1, 0.15) is 17.4 Å². The average molecular weight is 249 g/mol. The van der Waals surface area contributed by atoms with Gasteiger partial charge in [-0.2, -0.15) is 5.26 Å². The van der Waals surface area contributed by atoms with Crippen LogP contribution in [0.15, 0.2) is 41.3 Å². The molecule has 0 N–H and O–H groups in total. The number of aromatic nitrogens is 1. The van der Waals surface area contributed by atoms with Gasteiger partial charge in [0.05, 0.1) is 5.02 Å². The van der Waals surface area contributed by atoms with Crippen molar-refractivity contribution in [2.24, 2.45) is 0 Å². The van der Waals surface area contributed by atoms with E-state index in [9.17, 15) is 9.18 Å². The molecule has 0 saturated heterocycles. The summed E-state index contributed by atoms with van der Waals surface area (Å²) in [6.07, 6.45) is 1.44. The van der Waals surface area contributed by atoms with Gasteiger partial charge in [0.15, 0.2) is 0 Å². The Balaban J connectivity index is 2.66. The molecule has 0 bridgehead atoms. The van der Waals surface area contributed by atoms with Gasteiger partial charge in [-0.1, -0.05) is 11.6 Å². The SMILES string of the molecule is N#Cc1c(Cl)ccn(-c2ccc(F)cc2)c1=O. The van der Waals surface area contributed by atoms with Crippen LogP contribution in [0.3, 0.4) is 0 Å². The van der Waals surface area contributed by atoms with E-state index in [1.165, 1.54) is 41.1 Å². The molecule has 0 saturated carbocycles. The van der Waals surface area contributed by atoms with Crippen LogP contribution in [0.4, 0.5) is 4.39 Å². The number of halogens is 2. The van der Waals surface area contributed by atoms with Crippen molar-refractivity contribution in [2.75, 3.05) is 0 Å². The van der Waals surface area contributed by atoms with Crippen molar-refractivity contribution in [3.63, 3.8) is 0 Å². The van der Waals surface area contributed by atoms with E-state index in [1.807, 2.05) is 0 Å². The number of rotatable bonds is 1. The number of hydrogen-bond acceptors (Lipinski definition) is 2. The zero-order chi connectivity index (χ0) is 12.4. The van der Waals surface area contributed by atoms with Crippen molar-refractivity contribution < 1.29 is 4.39 Å². The lowest BCUT2D eigenvalue weighted by atomic mass is 10.2. The van der Waals surface area contributed by atoms with Crippen LogP contribution in [0.25, 0.3) is 5.69 Å². The Morgan fingerprint density at radius 1 is 1.24 bits per heavy atom. The molecule has 3 nitrogen and oxygen atoms in total. The lowest BCUT2D eigenvalue weighted by Gasteiger charge is -2.06. The Hall–Kier alpha value is -2.12. The Morgan fingerprint density at radius 2 is 1.88 bits per heavy atom. The third-order valence-electron chi connectivity index (χ3n) is 2.26. The van der Waals surface area contributed by atoms with E-state index in [-0.39, 0.29) is 10.6 Å². The summed E-state index contributed by atoms with van der Waals surface area (Å²) < 4.78 is 14.0. The third kappa shape index (κ3) is 2.05. The predicted molar refractivity (Wildman–Crippen MR) is 61.7 cm³/mol. The molecule has 1 heterocycles. The summed E-state index contributed by atoms with van der Waals surface area (Å²) >= 11 is 5.72. The van der Waals surface area contributed by atoms with Crippen molar-refractivity contribution in [1.82, 2.24) is 4.57 Å². The Bertz CT molecular complexity index is 656. The molecule has 0 spiro atoms. The van der Waals surface area contributed by atoms with E-state index in [0.717, 1.165) is 0 Å². The van der Waals surface area contributed by atoms with Crippen LogP contribution >= 0.6 is 11.6 Å². The van der Waals surface area contributed by atoms with Crippen LogP contribution in [0, 0.1) is 17.1 Å². The van der Waals surface area contributed by atoms with Gasteiger partial charge in [0.2, 0.25) is 0 Å². The largest absolute Gasteiger partial charge is 0.283 e. The highest BCUT2D eigenvalue weighted by molar-refractivity contribution is 6.31. The first-order chi connectivity index (χ1) is 8.13. The Labute approximate surface area is 101 Å². The molecule has 0 fully saturated rings. The van der Waals surface area contributed by atoms with Crippen LogP contribution in [0.1, 0.15) is 5.56 Å². The van der Waals surface area contributed by atoms with Crippen LogP contribution < -0.4 is 5.56 Å². The van der Waals surface area contributed by atoms with E-state index in [0.29, 0.717) is 5.69 Å². The van der Waals surface area contributed by atoms with E-state index >= 15 is 0 Å². The van der Waals surface area contributed by atoms with Crippen molar-refractivity contribution in [1.29, 1.82) is 5.26 Å². The number of nitriles is 1. The maximum atomic E-state index is 12.8. The lowest BCUT2D eigenvalue weighted by molar-refractivity contribution is 0.627. The summed E-state index contributed by atoms with van der Waals surface area (Å²) in [7, 11) is 0. The number of benzene rings is 1. The summed E-state index contributed by atoms with van der Waals surface area (Å²) in [6, 6.07) is 8.57. The highest BCUT2D eigenvalue weighted by atomic mass is 35.5. The van der Waals surface area contributed by atoms with Gasteiger partial charge >= 0.3 is 0 Å². The van der Waals surface area contributed by atoms with Crippen molar-refractivity contribution in [3.05, 3.63) is 63.3 Å². The fourth-order valence-corrected chi connectivity index (χ4v) is 1.60. The van der Waals surface area contributed by atoms with Gasteiger partial charge in [-0.05, 0) is 30.3 Å². The van der Waals surface area contributed by atoms with Gasteiger partial charge < -0.3 is 0 Å². The maximum Gasteiger partial charge on any atom is 0.274 e. The summed E-state index contributed by atoms with van der Waals surface area (Å²) in [6.45, 7) is 0. The first kappa shape index (κ1) is 11.4. The van der Waals surface area contributed by atoms with Crippen molar-refractivity contribution in [2.45, 2.75) is 0 Å². The molecule has 0 aliphatic heterocycles. The highest BCUT2D eigenvalue weighted by Gasteiger charge is 2.08. The van der Waals surface area contributed by atoms with Gasteiger partial charge in [0, 0.05) is 11.9 Å². The molecule has 1 aromatic carbocycles. The second-order valence-electron chi connectivity index (χ2n) is 3.30. The lowest BCUT2D eigenvalue weighted by Crippen LogP contribution is -2.20. The average Bonchev–Trinajstić information content (AvgIpc) is 2.31. The number of hydrogen-bond donors (Lipinski definition) is 0. The summed E-state index contributed by atoms with van der Waals surface area (Å²) in [4.78, 5) is 11.9. The molecule has 0 aliphatic carbocycles. The minimum absolute atomic E-state index is 0.107. The van der Waals surface area contributed by atoms with Crippen molar-refractivity contribution in [3.8, 4) is 11.8 Å². The van der Waals surface area contributed by atoms with E-state index in [4.69, 9.17) is 16.9 Å². The van der Waals surface area contributed by atoms with Crippen LogP contribution in [0.5, 0.6) is 0 Å². The van der Waals surface area contributed by atoms with E-state index in [2.05, 4.69) is 0 Å². The first-order valence-electron chi connectivity index (χ1n) is 4.70. The normalized spacial score (nSPS) is 9.94. The molecule has 0 amide bonds. The summed E-state index contributed by atoms with van der Waals surface area (Å²) in [5, 5.41) is 8.91. The van der Waals surface area contributed by atoms with Crippen LogP contribution in [-0.2, 0) is 0 Å². The zero-order valence-electron chi connectivity index (χ0n) is 8.52. The molecular weight excluding hydrogens is 243 g/mol. The summed E-state index contributed by atoms with van der Waals surface area (Å²) in [5.41, 5.74) is -0.172. The molecule has 0 atom stereocenters. The van der Waals surface area contributed by atoms with Crippen LogP contribution in [0.2, 0.25) is 5.02 Å². The molecule has 0 radical (unpaired) electrons. The minimum Gasteiger partial charge on any atom is -0.283 e. The third-order valence-corrected chi connectivity index (χ3v) is 2.57. The zero-order valence-corrected chi connectivity index (χ0v) is 9.28. The second kappa shape index (κ2) is 4.40. The molecule has 0 aliphatic rings. The van der Waals surface area contributed by atoms with Gasteiger partial charge in [-0.15, -0.1) is 0 Å². The molecule has 1 aromatic heterocycles. The standard InChI is InChI=1S/C12H6ClFN2O/c13-11-5-6-16(12(17)10(11)7-15)9-3-1-8(14)2-4-9/h1-6H. The predicted octanol–water partition coefficient (Wildman–Crippen LogP) is 2.50. The molecular formula is C12H6ClFN2O. The second-order valence-corrected chi connectivity index (χ2v) is 3.71. The molecule has 0 unspecified atom stereocenters. The monoisotopic (exact) mass is 248 g/mol. The molecule has 5 heteroatoms. The smallest absolute Gasteiger partial charge is 0.274 e. The topological polar surface area (TPSA) is 45.8 Å². The van der Waals surface area contributed by atoms with Gasteiger partial charge in [-0.3, -0.25) is 9.36 Å². The fourth-order valence-electron chi connectivity index (χ4n) is 1.42.